The summed E-state index contributed by atoms with van der Waals surface area (Å²) in [6.07, 6.45) is 7.40. The van der Waals surface area contributed by atoms with Gasteiger partial charge >= 0.3 is 0 Å². The molecule has 3 aliphatic carbocycles. The van der Waals surface area contributed by atoms with E-state index in [1.54, 1.807) is 17.0 Å². The standard InChI is InChI=1S/C39H38BrN3O5/c1-22-12-15-25(16-13-22)41-43-36(46)31-21-29-27(17-18-28-33(29)37(47)42(35(28)45)26-10-6-3-7-11-26)34(30-20-24(40)14-19-32(30)44)39(31,38(43)48)23-8-4-2-5-9-23/h2,4-5,8-9,12-17,19-20,26,28-29,31,33-34,41,44H,3,6-7,10-11,18,21H2,1H3. The van der Waals surface area contributed by atoms with Gasteiger partial charge in [0, 0.05) is 22.0 Å². The maximum atomic E-state index is 15.2. The third-order valence-corrected chi connectivity index (χ3v) is 12.2. The van der Waals surface area contributed by atoms with Gasteiger partial charge in [0.1, 0.15) is 5.75 Å². The number of allylic oxidation sites excluding steroid dienone is 2. The molecular formula is C39H38BrN3O5. The Labute approximate surface area is 288 Å². The molecular weight excluding hydrogens is 670 g/mol. The van der Waals surface area contributed by atoms with Crippen molar-refractivity contribution in [1.29, 1.82) is 0 Å². The molecule has 4 amide bonds. The number of fused-ring (bicyclic) bond motifs is 4. The summed E-state index contributed by atoms with van der Waals surface area (Å²) in [6.45, 7) is 1.97. The van der Waals surface area contributed by atoms with Crippen LogP contribution in [0.1, 0.15) is 67.6 Å². The fourth-order valence-corrected chi connectivity index (χ4v) is 9.95. The second kappa shape index (κ2) is 11.7. The lowest BCUT2D eigenvalue weighted by molar-refractivity contribution is -0.144. The van der Waals surface area contributed by atoms with Crippen molar-refractivity contribution < 1.29 is 24.3 Å². The van der Waals surface area contributed by atoms with Crippen molar-refractivity contribution in [1.82, 2.24) is 9.91 Å². The highest BCUT2D eigenvalue weighted by atomic mass is 79.9. The van der Waals surface area contributed by atoms with Gasteiger partial charge in [0.25, 0.3) is 11.8 Å². The number of aryl methyl sites for hydroxylation is 1. The highest BCUT2D eigenvalue weighted by Crippen LogP contribution is 2.65. The molecule has 5 aliphatic rings. The summed E-state index contributed by atoms with van der Waals surface area (Å²) >= 11 is 3.59. The van der Waals surface area contributed by atoms with Crippen LogP contribution in [-0.4, -0.2) is 44.7 Å². The maximum absolute atomic E-state index is 15.2. The fourth-order valence-electron chi connectivity index (χ4n) is 9.57. The van der Waals surface area contributed by atoms with E-state index < -0.39 is 40.9 Å². The minimum absolute atomic E-state index is 0.00350. The van der Waals surface area contributed by atoms with E-state index in [-0.39, 0.29) is 35.9 Å². The predicted octanol–water partition coefficient (Wildman–Crippen LogP) is 6.78. The molecule has 4 fully saturated rings. The van der Waals surface area contributed by atoms with E-state index in [2.05, 4.69) is 21.4 Å². The number of hydrazine groups is 1. The predicted molar refractivity (Wildman–Crippen MR) is 183 cm³/mol. The van der Waals surface area contributed by atoms with Gasteiger partial charge in [-0.1, -0.05) is 94.9 Å². The van der Waals surface area contributed by atoms with Crippen LogP contribution in [0.4, 0.5) is 5.69 Å². The third kappa shape index (κ3) is 4.53. The molecule has 3 aromatic rings. The monoisotopic (exact) mass is 707 g/mol. The number of nitrogens with zero attached hydrogens (tertiary/aromatic N) is 2. The van der Waals surface area contributed by atoms with Gasteiger partial charge in [-0.2, -0.15) is 5.01 Å². The van der Waals surface area contributed by atoms with E-state index >= 15 is 4.79 Å². The highest BCUT2D eigenvalue weighted by molar-refractivity contribution is 9.10. The number of benzene rings is 3. The zero-order chi connectivity index (χ0) is 33.3. The first-order valence-electron chi connectivity index (χ1n) is 17.0. The zero-order valence-electron chi connectivity index (χ0n) is 26.8. The molecule has 0 bridgehead atoms. The molecule has 3 aromatic carbocycles. The van der Waals surface area contributed by atoms with E-state index in [9.17, 15) is 19.5 Å². The second-order valence-electron chi connectivity index (χ2n) is 14.1. The first-order chi connectivity index (χ1) is 23.2. The first kappa shape index (κ1) is 31.1. The quantitative estimate of drug-likeness (QED) is 0.224. The number of carbonyl (C=O) groups is 4. The topological polar surface area (TPSA) is 107 Å². The summed E-state index contributed by atoms with van der Waals surface area (Å²) in [5.41, 5.74) is 5.37. The Morgan fingerprint density at radius 3 is 2.31 bits per heavy atom. The molecule has 246 valence electrons. The number of amides is 4. The molecule has 2 N–H and O–H groups in total. The Morgan fingerprint density at radius 2 is 1.58 bits per heavy atom. The summed E-state index contributed by atoms with van der Waals surface area (Å²) in [4.78, 5) is 59.9. The van der Waals surface area contributed by atoms with Crippen molar-refractivity contribution in [3.05, 3.63) is 106 Å². The van der Waals surface area contributed by atoms with Crippen molar-refractivity contribution >= 4 is 45.2 Å². The zero-order valence-corrected chi connectivity index (χ0v) is 28.4. The first-order valence-corrected chi connectivity index (χ1v) is 17.8. The summed E-state index contributed by atoms with van der Waals surface area (Å²) in [7, 11) is 0. The summed E-state index contributed by atoms with van der Waals surface area (Å²) in [6, 6.07) is 21.9. The average Bonchev–Trinajstić information content (AvgIpc) is 3.48. The lowest BCUT2D eigenvalue weighted by atomic mass is 9.49. The molecule has 0 radical (unpaired) electrons. The van der Waals surface area contributed by atoms with Gasteiger partial charge < -0.3 is 5.11 Å². The van der Waals surface area contributed by atoms with Crippen LogP contribution in [0.5, 0.6) is 5.75 Å². The van der Waals surface area contributed by atoms with Gasteiger partial charge in [0.05, 0.1) is 28.9 Å². The Balaban J connectivity index is 1.31. The van der Waals surface area contributed by atoms with Crippen molar-refractivity contribution in [2.45, 2.75) is 69.2 Å². The molecule has 8 nitrogen and oxygen atoms in total. The van der Waals surface area contributed by atoms with Gasteiger partial charge in [-0.25, -0.2) is 0 Å². The number of halogens is 1. The minimum atomic E-state index is -1.42. The van der Waals surface area contributed by atoms with Gasteiger partial charge in [-0.3, -0.25) is 29.5 Å². The van der Waals surface area contributed by atoms with Gasteiger partial charge in [0.15, 0.2) is 0 Å². The molecule has 0 spiro atoms. The van der Waals surface area contributed by atoms with Crippen LogP contribution in [0.25, 0.3) is 0 Å². The average molecular weight is 709 g/mol. The molecule has 48 heavy (non-hydrogen) atoms. The number of imide groups is 2. The second-order valence-corrected chi connectivity index (χ2v) is 15.0. The lowest BCUT2D eigenvalue weighted by Crippen LogP contribution is -2.53. The largest absolute Gasteiger partial charge is 0.508 e. The van der Waals surface area contributed by atoms with E-state index in [0.29, 0.717) is 27.7 Å². The summed E-state index contributed by atoms with van der Waals surface area (Å²) < 4.78 is 0.716. The molecule has 0 aromatic heterocycles. The number of phenols is 1. The Morgan fingerprint density at radius 1 is 0.854 bits per heavy atom. The molecule has 8 rings (SSSR count). The number of rotatable bonds is 5. The minimum Gasteiger partial charge on any atom is -0.508 e. The van der Waals surface area contributed by atoms with Crippen LogP contribution in [0.15, 0.2) is 88.9 Å². The molecule has 6 unspecified atom stereocenters. The van der Waals surface area contributed by atoms with Crippen LogP contribution in [0, 0.1) is 30.6 Å². The van der Waals surface area contributed by atoms with Crippen molar-refractivity contribution in [3.63, 3.8) is 0 Å². The number of hydrogen-bond donors (Lipinski definition) is 2. The smallest absolute Gasteiger partial charge is 0.260 e. The van der Waals surface area contributed by atoms with Crippen molar-refractivity contribution in [2.75, 3.05) is 5.43 Å². The molecule has 6 atom stereocenters. The van der Waals surface area contributed by atoms with E-state index in [0.717, 1.165) is 48.2 Å². The lowest BCUT2D eigenvalue weighted by Gasteiger charge is -2.50. The molecule has 2 saturated carbocycles. The van der Waals surface area contributed by atoms with Crippen molar-refractivity contribution in [2.24, 2.45) is 23.7 Å². The molecule has 2 aliphatic heterocycles. The number of anilines is 1. The van der Waals surface area contributed by atoms with Gasteiger partial charge in [-0.15, -0.1) is 0 Å². The van der Waals surface area contributed by atoms with Crippen LogP contribution in [0.3, 0.4) is 0 Å². The highest BCUT2D eigenvalue weighted by Gasteiger charge is 2.70. The van der Waals surface area contributed by atoms with E-state index in [1.165, 1.54) is 0 Å². The molecule has 9 heteroatoms. The number of hydrogen-bond acceptors (Lipinski definition) is 6. The Kier molecular flexibility index (Phi) is 7.58. The number of phenolic OH excluding ortho intramolecular Hbond substituents is 1. The maximum Gasteiger partial charge on any atom is 0.260 e. The van der Waals surface area contributed by atoms with E-state index in [1.807, 2.05) is 73.7 Å². The Bertz CT molecular complexity index is 1850. The van der Waals surface area contributed by atoms with Crippen LogP contribution >= 0.6 is 15.9 Å². The van der Waals surface area contributed by atoms with Crippen LogP contribution in [0.2, 0.25) is 0 Å². The summed E-state index contributed by atoms with van der Waals surface area (Å²) in [5.74, 6) is -4.24. The van der Waals surface area contributed by atoms with Crippen LogP contribution < -0.4 is 5.43 Å². The number of likely N-dealkylation sites (tertiary alicyclic amines) is 1. The SMILES string of the molecule is Cc1ccc(NN2C(=O)C3CC4C(=CCC5C(=O)N(C6CCCCC6)C(=O)C54)C(c4cc(Br)ccc4O)C3(c3ccccc3)C2=O)cc1. The number of carbonyl (C=O) groups excluding carboxylic acids is 4. The fraction of sp³-hybridized carbons (Fsp3) is 0.385. The van der Waals surface area contributed by atoms with Crippen LogP contribution in [-0.2, 0) is 24.6 Å². The molecule has 2 saturated heterocycles. The molecule has 2 heterocycles. The van der Waals surface area contributed by atoms with E-state index in [4.69, 9.17) is 0 Å². The summed E-state index contributed by atoms with van der Waals surface area (Å²) in [5, 5.41) is 12.7. The number of nitrogens with one attached hydrogen (secondary N) is 1. The third-order valence-electron chi connectivity index (χ3n) is 11.7. The number of aromatic hydroxyl groups is 1. The Hall–Kier alpha value is -4.24. The van der Waals surface area contributed by atoms with Crippen molar-refractivity contribution in [3.8, 4) is 5.75 Å². The van der Waals surface area contributed by atoms with Gasteiger partial charge in [0.2, 0.25) is 11.8 Å². The normalized spacial score (nSPS) is 30.2. The van der Waals surface area contributed by atoms with Gasteiger partial charge in [-0.05, 0) is 74.4 Å².